The second kappa shape index (κ2) is 7.96. The predicted molar refractivity (Wildman–Crippen MR) is 65.1 cm³/mol. The summed E-state index contributed by atoms with van der Waals surface area (Å²) in [6.45, 7) is 4.56. The molecule has 0 aromatic heterocycles. The van der Waals surface area contributed by atoms with Crippen molar-refractivity contribution in [2.45, 2.75) is 39.5 Å². The fraction of sp³-hybridized carbons (Fsp3) is 0.818. The Balaban J connectivity index is 4.14. The summed E-state index contributed by atoms with van der Waals surface area (Å²) in [5.41, 5.74) is 10.4. The summed E-state index contributed by atoms with van der Waals surface area (Å²) in [4.78, 5) is 14.9. The highest BCUT2D eigenvalue weighted by atomic mass is 16.4. The molecule has 0 aliphatic carbocycles. The van der Waals surface area contributed by atoms with E-state index < -0.39 is 5.97 Å². The van der Waals surface area contributed by atoms with Crippen LogP contribution in [0.4, 0.5) is 0 Å². The van der Waals surface area contributed by atoms with Gasteiger partial charge >= 0.3 is 5.97 Å². The van der Waals surface area contributed by atoms with Gasteiger partial charge in [0.25, 0.3) is 0 Å². The van der Waals surface area contributed by atoms with E-state index in [-0.39, 0.29) is 17.8 Å². The maximum absolute atomic E-state index is 11.1. The van der Waals surface area contributed by atoms with Crippen LogP contribution in [0.2, 0.25) is 0 Å². The molecule has 16 heavy (non-hydrogen) atoms. The molecule has 0 aromatic carbocycles. The molecule has 1 atom stereocenters. The van der Waals surface area contributed by atoms with Crippen molar-refractivity contribution in [3.8, 4) is 0 Å². The highest BCUT2D eigenvalue weighted by Crippen LogP contribution is 2.24. The van der Waals surface area contributed by atoms with E-state index in [2.05, 4.69) is 4.99 Å². The maximum atomic E-state index is 11.1. The normalized spacial score (nSPS) is 12.4. The average Bonchev–Trinajstić information content (AvgIpc) is 2.22. The van der Waals surface area contributed by atoms with Crippen LogP contribution in [0.25, 0.3) is 0 Å². The Labute approximate surface area is 96.9 Å². The molecule has 94 valence electrons. The fourth-order valence-corrected chi connectivity index (χ4v) is 1.94. The van der Waals surface area contributed by atoms with Gasteiger partial charge in [0.05, 0.1) is 5.92 Å². The molecule has 0 aromatic rings. The van der Waals surface area contributed by atoms with Crippen LogP contribution in [0.3, 0.4) is 0 Å². The Hall–Kier alpha value is -1.26. The molecule has 0 aliphatic heterocycles. The Kier molecular flexibility index (Phi) is 7.33. The first kappa shape index (κ1) is 14.7. The first-order valence-corrected chi connectivity index (χ1v) is 5.81. The highest BCUT2D eigenvalue weighted by Gasteiger charge is 2.24. The summed E-state index contributed by atoms with van der Waals surface area (Å²) in [6.07, 6.45) is 3.15. The standard InChI is InChI=1S/C11H23N3O2/c1-3-8(4-2)9(10(15)16)6-5-7-14-11(12)13/h8-9H,3-7H2,1-2H3,(H,15,16)(H4,12,13,14). The smallest absolute Gasteiger partial charge is 0.306 e. The first-order chi connectivity index (χ1) is 7.52. The topological polar surface area (TPSA) is 102 Å². The number of nitrogens with zero attached hydrogens (tertiary/aromatic N) is 1. The molecule has 0 amide bonds. The van der Waals surface area contributed by atoms with Crippen LogP contribution < -0.4 is 11.5 Å². The summed E-state index contributed by atoms with van der Waals surface area (Å²) >= 11 is 0. The summed E-state index contributed by atoms with van der Waals surface area (Å²) in [7, 11) is 0. The van der Waals surface area contributed by atoms with Gasteiger partial charge in [0, 0.05) is 6.54 Å². The lowest BCUT2D eigenvalue weighted by Gasteiger charge is -2.20. The van der Waals surface area contributed by atoms with E-state index in [9.17, 15) is 4.79 Å². The van der Waals surface area contributed by atoms with Gasteiger partial charge in [-0.2, -0.15) is 0 Å². The van der Waals surface area contributed by atoms with Gasteiger partial charge in [-0.3, -0.25) is 9.79 Å². The van der Waals surface area contributed by atoms with Crippen molar-refractivity contribution in [2.24, 2.45) is 28.3 Å². The van der Waals surface area contributed by atoms with Crippen molar-refractivity contribution in [1.82, 2.24) is 0 Å². The van der Waals surface area contributed by atoms with E-state index in [1.54, 1.807) is 0 Å². The molecular weight excluding hydrogens is 206 g/mol. The Bertz CT molecular complexity index is 233. The lowest BCUT2D eigenvalue weighted by atomic mass is 9.85. The van der Waals surface area contributed by atoms with Gasteiger partial charge in [-0.1, -0.05) is 26.7 Å². The molecule has 0 saturated carbocycles. The van der Waals surface area contributed by atoms with Gasteiger partial charge in [-0.05, 0) is 18.8 Å². The summed E-state index contributed by atoms with van der Waals surface area (Å²) in [5.74, 6) is -0.672. The minimum atomic E-state index is -0.710. The van der Waals surface area contributed by atoms with Gasteiger partial charge in [0.15, 0.2) is 5.96 Å². The van der Waals surface area contributed by atoms with Gasteiger partial charge in [-0.25, -0.2) is 0 Å². The minimum Gasteiger partial charge on any atom is -0.481 e. The largest absolute Gasteiger partial charge is 0.481 e. The number of rotatable bonds is 8. The van der Waals surface area contributed by atoms with Crippen molar-refractivity contribution in [3.05, 3.63) is 0 Å². The number of carbonyl (C=O) groups is 1. The molecule has 0 radical (unpaired) electrons. The van der Waals surface area contributed by atoms with E-state index in [0.29, 0.717) is 19.4 Å². The molecule has 0 saturated heterocycles. The van der Waals surface area contributed by atoms with Crippen molar-refractivity contribution >= 4 is 11.9 Å². The van der Waals surface area contributed by atoms with Crippen molar-refractivity contribution in [2.75, 3.05) is 6.54 Å². The lowest BCUT2D eigenvalue weighted by molar-refractivity contribution is -0.144. The lowest BCUT2D eigenvalue weighted by Crippen LogP contribution is -2.24. The van der Waals surface area contributed by atoms with Crippen molar-refractivity contribution in [1.29, 1.82) is 0 Å². The van der Waals surface area contributed by atoms with Gasteiger partial charge in [0.1, 0.15) is 0 Å². The Morgan fingerprint density at radius 2 is 1.88 bits per heavy atom. The number of guanidine groups is 1. The van der Waals surface area contributed by atoms with E-state index >= 15 is 0 Å². The van der Waals surface area contributed by atoms with E-state index in [1.165, 1.54) is 0 Å². The number of carboxylic acids is 1. The van der Waals surface area contributed by atoms with E-state index in [1.807, 2.05) is 13.8 Å². The van der Waals surface area contributed by atoms with Crippen molar-refractivity contribution in [3.63, 3.8) is 0 Å². The molecule has 0 fully saturated rings. The SMILES string of the molecule is CCC(CC)C(CCCN=C(N)N)C(=O)O. The van der Waals surface area contributed by atoms with Gasteiger partial charge in [0.2, 0.25) is 0 Å². The second-order valence-electron chi connectivity index (χ2n) is 3.97. The number of hydrogen-bond donors (Lipinski definition) is 3. The molecule has 0 rings (SSSR count). The van der Waals surface area contributed by atoms with Crippen LogP contribution in [0.1, 0.15) is 39.5 Å². The third-order valence-electron chi connectivity index (χ3n) is 2.90. The second-order valence-corrected chi connectivity index (χ2v) is 3.97. The number of carboxylic acid groups (broad SMARTS) is 1. The third-order valence-corrected chi connectivity index (χ3v) is 2.90. The molecular formula is C11H23N3O2. The fourth-order valence-electron chi connectivity index (χ4n) is 1.94. The molecule has 0 bridgehead atoms. The molecule has 0 heterocycles. The minimum absolute atomic E-state index is 0.0643. The summed E-state index contributed by atoms with van der Waals surface area (Å²) < 4.78 is 0. The van der Waals surface area contributed by atoms with Crippen LogP contribution >= 0.6 is 0 Å². The van der Waals surface area contributed by atoms with Crippen LogP contribution in [-0.4, -0.2) is 23.6 Å². The molecule has 0 aliphatic rings. The molecule has 5 nitrogen and oxygen atoms in total. The van der Waals surface area contributed by atoms with Gasteiger partial charge in [-0.15, -0.1) is 0 Å². The molecule has 0 spiro atoms. The van der Waals surface area contributed by atoms with Crippen LogP contribution in [0, 0.1) is 11.8 Å². The Morgan fingerprint density at radius 1 is 1.31 bits per heavy atom. The maximum Gasteiger partial charge on any atom is 0.306 e. The van der Waals surface area contributed by atoms with E-state index in [4.69, 9.17) is 16.6 Å². The number of aliphatic carboxylic acids is 1. The molecule has 1 unspecified atom stereocenters. The monoisotopic (exact) mass is 229 g/mol. The zero-order valence-electron chi connectivity index (χ0n) is 10.1. The van der Waals surface area contributed by atoms with Crippen LogP contribution in [0.5, 0.6) is 0 Å². The van der Waals surface area contributed by atoms with Crippen molar-refractivity contribution < 1.29 is 9.90 Å². The molecule has 5 N–H and O–H groups in total. The average molecular weight is 229 g/mol. The number of nitrogens with two attached hydrogens (primary N) is 2. The Morgan fingerprint density at radius 3 is 2.25 bits per heavy atom. The third kappa shape index (κ3) is 5.58. The zero-order chi connectivity index (χ0) is 12.6. The highest BCUT2D eigenvalue weighted by molar-refractivity contribution is 5.75. The zero-order valence-corrected chi connectivity index (χ0v) is 10.1. The number of aliphatic imine (C=N–C) groups is 1. The van der Waals surface area contributed by atoms with Crippen LogP contribution in [-0.2, 0) is 4.79 Å². The number of hydrogen-bond acceptors (Lipinski definition) is 2. The van der Waals surface area contributed by atoms with E-state index in [0.717, 1.165) is 12.8 Å². The predicted octanol–water partition coefficient (Wildman–Crippen LogP) is 1.18. The molecule has 5 heteroatoms. The first-order valence-electron chi connectivity index (χ1n) is 5.81. The summed E-state index contributed by atoms with van der Waals surface area (Å²) in [6, 6.07) is 0. The van der Waals surface area contributed by atoms with Crippen LogP contribution in [0.15, 0.2) is 4.99 Å². The summed E-state index contributed by atoms with van der Waals surface area (Å²) in [5, 5.41) is 9.13. The van der Waals surface area contributed by atoms with Gasteiger partial charge < -0.3 is 16.6 Å². The quantitative estimate of drug-likeness (QED) is 0.330.